The molecule has 0 aromatic heterocycles. The number of hydrogen-bond donors (Lipinski definition) is 0. The highest BCUT2D eigenvalue weighted by Gasteiger charge is 1.96. The summed E-state index contributed by atoms with van der Waals surface area (Å²) in [5, 5.41) is 0. The van der Waals surface area contributed by atoms with E-state index in [0.717, 1.165) is 26.1 Å². The molecule has 0 aliphatic rings. The zero-order valence-electron chi connectivity index (χ0n) is 10.4. The van der Waals surface area contributed by atoms with Crippen molar-refractivity contribution in [2.75, 3.05) is 13.2 Å². The Morgan fingerprint density at radius 3 is 1.81 bits per heavy atom. The quantitative estimate of drug-likeness (QED) is 0.626. The topological polar surface area (TPSA) is 18.5 Å². The molecule has 0 saturated heterocycles. The summed E-state index contributed by atoms with van der Waals surface area (Å²) in [5.41, 5.74) is 2.46. The van der Waals surface area contributed by atoms with Crippen LogP contribution < -0.4 is 0 Å². The first-order valence-corrected chi connectivity index (χ1v) is 6.10. The first kappa shape index (κ1) is 13.2. The third-order valence-corrected chi connectivity index (χ3v) is 2.23. The molecule has 0 bridgehead atoms. The van der Waals surface area contributed by atoms with E-state index in [-0.39, 0.29) is 0 Å². The molecular formula is C14H22O2. The molecule has 2 heteroatoms. The fourth-order valence-electron chi connectivity index (χ4n) is 1.48. The molecule has 0 spiro atoms. The van der Waals surface area contributed by atoms with Crippen molar-refractivity contribution in [2.24, 2.45) is 0 Å². The maximum absolute atomic E-state index is 5.51. The van der Waals surface area contributed by atoms with E-state index >= 15 is 0 Å². The van der Waals surface area contributed by atoms with Gasteiger partial charge in [-0.05, 0) is 24.0 Å². The van der Waals surface area contributed by atoms with Gasteiger partial charge >= 0.3 is 0 Å². The van der Waals surface area contributed by atoms with Crippen molar-refractivity contribution in [3.8, 4) is 0 Å². The zero-order chi connectivity index (χ0) is 11.6. The average molecular weight is 222 g/mol. The minimum Gasteiger partial charge on any atom is -0.377 e. The third-order valence-electron chi connectivity index (χ3n) is 2.23. The van der Waals surface area contributed by atoms with E-state index in [1.165, 1.54) is 11.1 Å². The molecule has 0 atom stereocenters. The minimum absolute atomic E-state index is 0.704. The van der Waals surface area contributed by atoms with E-state index in [4.69, 9.17) is 9.47 Å². The highest BCUT2D eigenvalue weighted by Crippen LogP contribution is 2.08. The van der Waals surface area contributed by atoms with Crippen molar-refractivity contribution in [3.05, 3.63) is 35.4 Å². The molecule has 1 aromatic carbocycles. The summed E-state index contributed by atoms with van der Waals surface area (Å²) < 4.78 is 11.0. The van der Waals surface area contributed by atoms with Crippen LogP contribution in [-0.4, -0.2) is 13.2 Å². The Morgan fingerprint density at radius 2 is 1.38 bits per heavy atom. The smallest absolute Gasteiger partial charge is 0.0716 e. The van der Waals surface area contributed by atoms with Crippen LogP contribution in [0, 0.1) is 0 Å². The molecule has 0 radical (unpaired) electrons. The lowest BCUT2D eigenvalue weighted by Gasteiger charge is -2.06. The van der Waals surface area contributed by atoms with Gasteiger partial charge in [0, 0.05) is 13.2 Å². The molecule has 1 aromatic rings. The lowest BCUT2D eigenvalue weighted by molar-refractivity contribution is 0.117. The molecule has 2 nitrogen and oxygen atoms in total. The Hall–Kier alpha value is -0.860. The number of rotatable bonds is 8. The van der Waals surface area contributed by atoms with Crippen LogP contribution in [0.1, 0.15) is 37.8 Å². The van der Waals surface area contributed by atoms with E-state index in [2.05, 4.69) is 38.1 Å². The van der Waals surface area contributed by atoms with Crippen LogP contribution >= 0.6 is 0 Å². The fraction of sp³-hybridized carbons (Fsp3) is 0.571. The van der Waals surface area contributed by atoms with Gasteiger partial charge in [0.15, 0.2) is 0 Å². The van der Waals surface area contributed by atoms with E-state index in [1.807, 2.05) is 0 Å². The molecule has 0 amide bonds. The van der Waals surface area contributed by atoms with Gasteiger partial charge in [0.2, 0.25) is 0 Å². The predicted molar refractivity (Wildman–Crippen MR) is 66.3 cm³/mol. The molecule has 16 heavy (non-hydrogen) atoms. The molecule has 0 fully saturated rings. The van der Waals surface area contributed by atoms with Crippen molar-refractivity contribution < 1.29 is 9.47 Å². The largest absolute Gasteiger partial charge is 0.377 e. The average Bonchev–Trinajstić information content (AvgIpc) is 2.30. The number of hydrogen-bond acceptors (Lipinski definition) is 2. The van der Waals surface area contributed by atoms with Gasteiger partial charge in [-0.15, -0.1) is 0 Å². The molecule has 0 aliphatic carbocycles. The van der Waals surface area contributed by atoms with Gasteiger partial charge in [-0.1, -0.05) is 38.1 Å². The van der Waals surface area contributed by atoms with Gasteiger partial charge in [0.05, 0.1) is 13.2 Å². The lowest BCUT2D eigenvalue weighted by Crippen LogP contribution is -1.97. The van der Waals surface area contributed by atoms with Gasteiger partial charge < -0.3 is 9.47 Å². The SMILES string of the molecule is CCCOCc1cccc(COCCC)c1. The predicted octanol–water partition coefficient (Wildman–Crippen LogP) is 3.54. The summed E-state index contributed by atoms with van der Waals surface area (Å²) in [7, 11) is 0. The van der Waals surface area contributed by atoms with Gasteiger partial charge in [-0.25, -0.2) is 0 Å². The van der Waals surface area contributed by atoms with Crippen LogP contribution in [0.15, 0.2) is 24.3 Å². The van der Waals surface area contributed by atoms with Crippen LogP contribution in [0.3, 0.4) is 0 Å². The molecule has 0 unspecified atom stereocenters. The second kappa shape index (κ2) is 8.31. The van der Waals surface area contributed by atoms with Crippen LogP contribution in [-0.2, 0) is 22.7 Å². The number of benzene rings is 1. The van der Waals surface area contributed by atoms with Gasteiger partial charge in [-0.3, -0.25) is 0 Å². The summed E-state index contributed by atoms with van der Waals surface area (Å²) in [4.78, 5) is 0. The van der Waals surface area contributed by atoms with E-state index in [1.54, 1.807) is 0 Å². The van der Waals surface area contributed by atoms with Crippen molar-refractivity contribution in [1.82, 2.24) is 0 Å². The molecule has 0 heterocycles. The first-order valence-electron chi connectivity index (χ1n) is 6.10. The van der Waals surface area contributed by atoms with E-state index in [0.29, 0.717) is 13.2 Å². The zero-order valence-corrected chi connectivity index (χ0v) is 10.4. The Kier molecular flexibility index (Phi) is 6.86. The van der Waals surface area contributed by atoms with Gasteiger partial charge in [0.25, 0.3) is 0 Å². The Morgan fingerprint density at radius 1 is 0.875 bits per heavy atom. The van der Waals surface area contributed by atoms with Crippen molar-refractivity contribution >= 4 is 0 Å². The Balaban J connectivity index is 2.37. The Labute approximate surface area is 98.6 Å². The third kappa shape index (κ3) is 5.29. The fourth-order valence-corrected chi connectivity index (χ4v) is 1.48. The van der Waals surface area contributed by atoms with Crippen molar-refractivity contribution in [2.45, 2.75) is 39.9 Å². The molecule has 90 valence electrons. The summed E-state index contributed by atoms with van der Waals surface area (Å²) in [6, 6.07) is 8.42. The molecular weight excluding hydrogens is 200 g/mol. The summed E-state index contributed by atoms with van der Waals surface area (Å²) in [5.74, 6) is 0. The van der Waals surface area contributed by atoms with Crippen molar-refractivity contribution in [1.29, 1.82) is 0 Å². The van der Waals surface area contributed by atoms with Crippen molar-refractivity contribution in [3.63, 3.8) is 0 Å². The Bertz CT molecular complexity index is 259. The second-order valence-corrected chi connectivity index (χ2v) is 3.93. The molecule has 0 aliphatic heterocycles. The molecule has 0 saturated carbocycles. The standard InChI is InChI=1S/C14H22O2/c1-3-8-15-11-13-6-5-7-14(10-13)12-16-9-4-2/h5-7,10H,3-4,8-9,11-12H2,1-2H3. The highest BCUT2D eigenvalue weighted by molar-refractivity contribution is 5.22. The van der Waals surface area contributed by atoms with Crippen LogP contribution in [0.5, 0.6) is 0 Å². The maximum Gasteiger partial charge on any atom is 0.0716 e. The van der Waals surface area contributed by atoms with Gasteiger partial charge in [-0.2, -0.15) is 0 Å². The molecule has 1 rings (SSSR count). The summed E-state index contributed by atoms with van der Waals surface area (Å²) in [6.45, 7) is 7.31. The van der Waals surface area contributed by atoms with E-state index in [9.17, 15) is 0 Å². The number of ether oxygens (including phenoxy) is 2. The normalized spacial score (nSPS) is 10.6. The monoisotopic (exact) mass is 222 g/mol. The van der Waals surface area contributed by atoms with Crippen LogP contribution in [0.4, 0.5) is 0 Å². The lowest BCUT2D eigenvalue weighted by atomic mass is 10.1. The summed E-state index contributed by atoms with van der Waals surface area (Å²) >= 11 is 0. The second-order valence-electron chi connectivity index (χ2n) is 3.93. The van der Waals surface area contributed by atoms with E-state index < -0.39 is 0 Å². The minimum atomic E-state index is 0.704. The van der Waals surface area contributed by atoms with Crippen LogP contribution in [0.2, 0.25) is 0 Å². The summed E-state index contributed by atoms with van der Waals surface area (Å²) in [6.07, 6.45) is 2.14. The first-order chi connectivity index (χ1) is 7.86. The van der Waals surface area contributed by atoms with Crippen LogP contribution in [0.25, 0.3) is 0 Å². The van der Waals surface area contributed by atoms with Gasteiger partial charge in [0.1, 0.15) is 0 Å². The maximum atomic E-state index is 5.51. The molecule has 0 N–H and O–H groups in total. The highest BCUT2D eigenvalue weighted by atomic mass is 16.5.